The number of rotatable bonds is 3. The minimum Gasteiger partial charge on any atom is -0.378 e. The predicted molar refractivity (Wildman–Crippen MR) is 157 cm³/mol. The van der Waals surface area contributed by atoms with Gasteiger partial charge in [-0.3, -0.25) is 9.59 Å². The van der Waals surface area contributed by atoms with Crippen LogP contribution in [0.4, 0.5) is 0 Å². The fourth-order valence-corrected chi connectivity index (χ4v) is 11.3. The summed E-state index contributed by atoms with van der Waals surface area (Å²) >= 11 is 0. The van der Waals surface area contributed by atoms with E-state index in [4.69, 9.17) is 20.9 Å². The van der Waals surface area contributed by atoms with Crippen molar-refractivity contribution in [1.29, 1.82) is 0 Å². The van der Waals surface area contributed by atoms with Gasteiger partial charge in [-0.2, -0.15) is 0 Å². The lowest BCUT2D eigenvalue weighted by Gasteiger charge is -2.51. The van der Waals surface area contributed by atoms with Crippen molar-refractivity contribution >= 4 is 11.8 Å². The minimum atomic E-state index is -0.147. The Morgan fingerprint density at radius 3 is 2.00 bits per heavy atom. The third-order valence-electron chi connectivity index (χ3n) is 13.3. The predicted octanol–water partition coefficient (Wildman–Crippen LogP) is 3.02. The minimum absolute atomic E-state index is 0.100. The second-order valence-electron chi connectivity index (χ2n) is 15.1. The van der Waals surface area contributed by atoms with Crippen LogP contribution >= 0.6 is 0 Å². The number of fused-ring (bicyclic) bond motifs is 7. The van der Waals surface area contributed by atoms with Crippen molar-refractivity contribution in [2.45, 2.75) is 88.6 Å². The summed E-state index contributed by atoms with van der Waals surface area (Å²) in [7, 11) is 0. The molecule has 0 spiro atoms. The number of hydrogen-bond acceptors (Lipinski definition) is 6. The SMILES string of the molecule is NC1CC[C@@H](C(=O)N2CCOCC2)CCCC2CC1CC2C1C[C@H]2C[C@@H]1C1CC[C@@H](C(=O)N3CCOCC3)C[C@]12N. The number of carbonyl (C=O) groups excluding carboxylic acids is 2. The lowest BCUT2D eigenvalue weighted by Crippen LogP contribution is -2.59. The van der Waals surface area contributed by atoms with Crippen molar-refractivity contribution in [1.82, 2.24) is 9.80 Å². The number of hydrogen-bond donors (Lipinski definition) is 2. The van der Waals surface area contributed by atoms with Crippen LogP contribution in [0.3, 0.4) is 0 Å². The molecule has 7 rings (SSSR count). The summed E-state index contributed by atoms with van der Waals surface area (Å²) in [5, 5.41) is 0. The molecule has 8 heteroatoms. The molecule has 7 fully saturated rings. The van der Waals surface area contributed by atoms with Crippen LogP contribution in [0.1, 0.15) is 77.0 Å². The highest BCUT2D eigenvalue weighted by Crippen LogP contribution is 2.65. The van der Waals surface area contributed by atoms with Gasteiger partial charge in [0, 0.05) is 49.6 Å². The van der Waals surface area contributed by atoms with Gasteiger partial charge in [-0.15, -0.1) is 0 Å². The highest BCUT2D eigenvalue weighted by Gasteiger charge is 2.63. The summed E-state index contributed by atoms with van der Waals surface area (Å²) in [5.74, 6) is 5.69. The van der Waals surface area contributed by atoms with Gasteiger partial charge in [0.2, 0.25) is 11.8 Å². The largest absolute Gasteiger partial charge is 0.378 e. The van der Waals surface area contributed by atoms with Crippen LogP contribution in [0.25, 0.3) is 0 Å². The number of nitrogens with two attached hydrogens (primary N) is 2. The zero-order valence-corrected chi connectivity index (χ0v) is 25.1. The van der Waals surface area contributed by atoms with Crippen LogP contribution in [-0.2, 0) is 19.1 Å². The number of ether oxygens (including phenoxy) is 2. The van der Waals surface area contributed by atoms with Crippen molar-refractivity contribution in [2.24, 2.45) is 64.7 Å². The molecule has 2 amide bonds. The molecule has 8 nitrogen and oxygen atoms in total. The lowest BCUT2D eigenvalue weighted by molar-refractivity contribution is -0.143. The number of carbonyl (C=O) groups is 2. The fourth-order valence-electron chi connectivity index (χ4n) is 11.3. The molecule has 5 aliphatic carbocycles. The fraction of sp³-hybridized carbons (Fsp3) is 0.939. The zero-order chi connectivity index (χ0) is 28.1. The van der Waals surface area contributed by atoms with Crippen molar-refractivity contribution in [3.63, 3.8) is 0 Å². The van der Waals surface area contributed by atoms with Crippen molar-refractivity contribution in [2.75, 3.05) is 52.6 Å². The van der Waals surface area contributed by atoms with Crippen molar-refractivity contribution in [3.8, 4) is 0 Å². The maximum atomic E-state index is 13.4. The van der Waals surface area contributed by atoms with Gasteiger partial charge < -0.3 is 30.7 Å². The van der Waals surface area contributed by atoms with E-state index in [0.29, 0.717) is 56.0 Å². The van der Waals surface area contributed by atoms with Gasteiger partial charge in [0.1, 0.15) is 0 Å². The molecule has 41 heavy (non-hydrogen) atoms. The summed E-state index contributed by atoms with van der Waals surface area (Å²) in [5.41, 5.74) is 14.1. The van der Waals surface area contributed by atoms with E-state index in [1.807, 2.05) is 9.80 Å². The molecule has 4 bridgehead atoms. The Balaban J connectivity index is 0.998. The standard InChI is InChI=1S/C33H54N4O4/c34-30-7-5-21(31(38)36-8-12-40-13-9-36)2-1-3-22-16-24(30)17-26(22)27-18-25-19-28(27)29-6-4-23(20-33(25,29)35)32(39)37-10-14-41-15-11-37/h21-30H,1-20,34-35H2/t21-,22?,23+,24?,25-,26?,27?,28-,29?,30?,33+/m0/s1. The number of morpholine rings is 2. The third-order valence-corrected chi connectivity index (χ3v) is 13.3. The first kappa shape index (κ1) is 28.5. The molecule has 6 unspecified atom stereocenters. The summed E-state index contributed by atoms with van der Waals surface area (Å²) in [6.07, 6.45) is 13.5. The second kappa shape index (κ2) is 11.7. The number of amides is 2. The lowest BCUT2D eigenvalue weighted by atomic mass is 9.58. The molecule has 2 aliphatic heterocycles. The van der Waals surface area contributed by atoms with E-state index in [2.05, 4.69) is 0 Å². The zero-order valence-electron chi connectivity index (χ0n) is 25.1. The first-order valence-electron chi connectivity index (χ1n) is 17.2. The van der Waals surface area contributed by atoms with E-state index in [1.54, 1.807) is 0 Å². The van der Waals surface area contributed by atoms with Gasteiger partial charge in [0.05, 0.1) is 26.4 Å². The van der Waals surface area contributed by atoms with Gasteiger partial charge >= 0.3 is 0 Å². The molecule has 11 atom stereocenters. The molecule has 7 aliphatic rings. The Hall–Kier alpha value is -1.22. The first-order valence-corrected chi connectivity index (χ1v) is 17.2. The Morgan fingerprint density at radius 2 is 1.29 bits per heavy atom. The van der Waals surface area contributed by atoms with E-state index in [9.17, 15) is 9.59 Å². The average Bonchev–Trinajstić information content (AvgIpc) is 3.70. The first-order chi connectivity index (χ1) is 19.9. The molecule has 230 valence electrons. The summed E-state index contributed by atoms with van der Waals surface area (Å²) < 4.78 is 11.0. The molecule has 2 heterocycles. The van der Waals surface area contributed by atoms with E-state index in [-0.39, 0.29) is 23.4 Å². The van der Waals surface area contributed by atoms with Gasteiger partial charge in [0.25, 0.3) is 0 Å². The van der Waals surface area contributed by atoms with Crippen LogP contribution in [0.15, 0.2) is 0 Å². The Morgan fingerprint density at radius 1 is 0.659 bits per heavy atom. The quantitative estimate of drug-likeness (QED) is 0.540. The summed E-state index contributed by atoms with van der Waals surface area (Å²) in [6.45, 7) is 5.62. The highest BCUT2D eigenvalue weighted by molar-refractivity contribution is 5.79. The molecular weight excluding hydrogens is 516 g/mol. The van der Waals surface area contributed by atoms with E-state index < -0.39 is 0 Å². The maximum Gasteiger partial charge on any atom is 0.225 e. The van der Waals surface area contributed by atoms with E-state index in [1.165, 1.54) is 38.5 Å². The molecule has 5 saturated carbocycles. The normalized spacial score (nSPS) is 46.8. The van der Waals surface area contributed by atoms with Crippen LogP contribution in [0.2, 0.25) is 0 Å². The van der Waals surface area contributed by atoms with Gasteiger partial charge in [-0.05, 0) is 106 Å². The van der Waals surface area contributed by atoms with Crippen molar-refractivity contribution in [3.05, 3.63) is 0 Å². The van der Waals surface area contributed by atoms with Crippen molar-refractivity contribution < 1.29 is 19.1 Å². The highest BCUT2D eigenvalue weighted by atomic mass is 16.5. The Labute approximate surface area is 246 Å². The maximum absolute atomic E-state index is 13.4. The van der Waals surface area contributed by atoms with Gasteiger partial charge in [0.15, 0.2) is 0 Å². The Bertz CT molecular complexity index is 967. The van der Waals surface area contributed by atoms with Gasteiger partial charge in [-0.25, -0.2) is 0 Å². The number of nitrogens with zero attached hydrogens (tertiary/aromatic N) is 2. The molecule has 0 aromatic heterocycles. The molecular formula is C33H54N4O4. The smallest absolute Gasteiger partial charge is 0.225 e. The third kappa shape index (κ3) is 5.27. The molecule has 0 radical (unpaired) electrons. The van der Waals surface area contributed by atoms with E-state index in [0.717, 1.165) is 88.4 Å². The topological polar surface area (TPSA) is 111 Å². The van der Waals surface area contributed by atoms with Crippen LogP contribution < -0.4 is 11.5 Å². The second-order valence-corrected chi connectivity index (χ2v) is 15.1. The summed E-state index contributed by atoms with van der Waals surface area (Å²) in [4.78, 5) is 30.8. The van der Waals surface area contributed by atoms with Gasteiger partial charge in [-0.1, -0.05) is 12.8 Å². The van der Waals surface area contributed by atoms with Crippen LogP contribution in [0.5, 0.6) is 0 Å². The molecule has 4 N–H and O–H groups in total. The molecule has 2 saturated heterocycles. The molecule has 0 aromatic carbocycles. The van der Waals surface area contributed by atoms with E-state index >= 15 is 0 Å². The summed E-state index contributed by atoms with van der Waals surface area (Å²) in [6, 6.07) is 0.217. The Kier molecular flexibility index (Phi) is 8.15. The monoisotopic (exact) mass is 570 g/mol. The molecule has 0 aromatic rings. The average molecular weight is 571 g/mol. The van der Waals surface area contributed by atoms with Crippen LogP contribution in [-0.4, -0.2) is 85.8 Å². The van der Waals surface area contributed by atoms with Crippen LogP contribution in [0, 0.1) is 53.3 Å².